The minimum atomic E-state index is -0.528. The molecule has 0 saturated carbocycles. The van der Waals surface area contributed by atoms with Crippen LogP contribution in [0.2, 0.25) is 0 Å². The molecule has 0 fully saturated rings. The molecule has 2 aromatic heterocycles. The summed E-state index contributed by atoms with van der Waals surface area (Å²) in [6.07, 6.45) is 0.950. The van der Waals surface area contributed by atoms with Crippen molar-refractivity contribution in [3.8, 4) is 10.8 Å². The van der Waals surface area contributed by atoms with Gasteiger partial charge in [0.05, 0.1) is 16.3 Å². The first-order valence-corrected chi connectivity index (χ1v) is 10.9. The van der Waals surface area contributed by atoms with Crippen molar-refractivity contribution in [1.29, 1.82) is 0 Å². The fraction of sp³-hybridized carbons (Fsp3) is 0.300. The summed E-state index contributed by atoms with van der Waals surface area (Å²) in [6, 6.07) is 9.52. The molecule has 1 aromatic carbocycles. The fourth-order valence-corrected chi connectivity index (χ4v) is 5.00. The molecule has 3 heterocycles. The molecule has 3 aromatic rings. The summed E-state index contributed by atoms with van der Waals surface area (Å²) in [5, 5.41) is 8.00. The number of benzene rings is 1. The highest BCUT2D eigenvalue weighted by Crippen LogP contribution is 2.35. The van der Waals surface area contributed by atoms with Gasteiger partial charge < -0.3 is 9.15 Å². The van der Waals surface area contributed by atoms with Gasteiger partial charge in [0.25, 0.3) is 11.8 Å². The van der Waals surface area contributed by atoms with Gasteiger partial charge in [0.1, 0.15) is 6.54 Å². The average molecular weight is 430 g/mol. The second kappa shape index (κ2) is 8.38. The number of amides is 1. The number of aromatic nitrogens is 2. The normalized spacial score (nSPS) is 13.4. The average Bonchev–Trinajstić information content (AvgIpc) is 3.35. The largest absolute Gasteiger partial charge is 0.454 e. The first-order chi connectivity index (χ1) is 14.0. The third-order valence-corrected chi connectivity index (χ3v) is 6.89. The molecule has 0 atom stereocenters. The second-order valence-electron chi connectivity index (χ2n) is 6.47. The first kappa shape index (κ1) is 19.7. The number of esters is 1. The number of rotatable bonds is 6. The van der Waals surface area contributed by atoms with E-state index in [9.17, 15) is 9.59 Å². The van der Waals surface area contributed by atoms with Crippen LogP contribution in [0, 0.1) is 6.92 Å². The molecule has 0 aliphatic carbocycles. The van der Waals surface area contributed by atoms with Crippen molar-refractivity contribution in [1.82, 2.24) is 10.2 Å². The van der Waals surface area contributed by atoms with Crippen molar-refractivity contribution in [2.75, 3.05) is 17.2 Å². The lowest BCUT2D eigenvalue weighted by atomic mass is 10.2. The molecule has 0 spiro atoms. The van der Waals surface area contributed by atoms with Gasteiger partial charge in [-0.1, -0.05) is 19.1 Å². The Kier molecular flexibility index (Phi) is 5.68. The SMILES string of the molecule is CCc1sc(-c2nnc(COC(=O)CN3C(=O)CSc4ccccc43)o2)cc1C. The zero-order valence-electron chi connectivity index (χ0n) is 16.0. The van der Waals surface area contributed by atoms with Crippen molar-refractivity contribution >= 4 is 40.7 Å². The Morgan fingerprint density at radius 1 is 1.31 bits per heavy atom. The van der Waals surface area contributed by atoms with E-state index in [1.165, 1.54) is 27.1 Å². The van der Waals surface area contributed by atoms with Crippen molar-refractivity contribution in [2.45, 2.75) is 31.8 Å². The summed E-state index contributed by atoms with van der Waals surface area (Å²) in [6.45, 7) is 3.87. The molecule has 150 valence electrons. The summed E-state index contributed by atoms with van der Waals surface area (Å²) in [5.74, 6) is 0.294. The zero-order valence-corrected chi connectivity index (χ0v) is 17.6. The van der Waals surface area contributed by atoms with Crippen molar-refractivity contribution < 1.29 is 18.7 Å². The molecule has 9 heteroatoms. The Morgan fingerprint density at radius 3 is 2.93 bits per heavy atom. The van der Waals surface area contributed by atoms with Gasteiger partial charge in [-0.15, -0.1) is 33.3 Å². The molecule has 4 rings (SSSR count). The van der Waals surface area contributed by atoms with Crippen LogP contribution in [0.4, 0.5) is 5.69 Å². The lowest BCUT2D eigenvalue weighted by Crippen LogP contribution is -2.39. The van der Waals surface area contributed by atoms with Crippen LogP contribution < -0.4 is 4.90 Å². The molecule has 7 nitrogen and oxygen atoms in total. The maximum atomic E-state index is 12.3. The van der Waals surface area contributed by atoms with Crippen LogP contribution in [0.5, 0.6) is 0 Å². The summed E-state index contributed by atoms with van der Waals surface area (Å²) in [4.78, 5) is 29.1. The molecule has 0 bridgehead atoms. The number of anilines is 1. The zero-order chi connectivity index (χ0) is 20.4. The van der Waals surface area contributed by atoms with E-state index < -0.39 is 5.97 Å². The van der Waals surface area contributed by atoms with Gasteiger partial charge in [-0.2, -0.15) is 0 Å². The second-order valence-corrected chi connectivity index (χ2v) is 8.62. The number of ether oxygens (including phenoxy) is 1. The van der Waals surface area contributed by atoms with E-state index >= 15 is 0 Å². The molecule has 0 radical (unpaired) electrons. The number of nitrogens with zero attached hydrogens (tertiary/aromatic N) is 3. The molecular formula is C20H19N3O4S2. The predicted molar refractivity (Wildman–Crippen MR) is 111 cm³/mol. The summed E-state index contributed by atoms with van der Waals surface area (Å²) >= 11 is 3.08. The quantitative estimate of drug-likeness (QED) is 0.550. The van der Waals surface area contributed by atoms with Crippen molar-refractivity contribution in [2.24, 2.45) is 0 Å². The van der Waals surface area contributed by atoms with Crippen LogP contribution in [-0.4, -0.2) is 34.4 Å². The predicted octanol–water partition coefficient (Wildman–Crippen LogP) is 3.85. The number of thiophene rings is 1. The van der Waals surface area contributed by atoms with Gasteiger partial charge in [-0.05, 0) is 37.1 Å². The van der Waals surface area contributed by atoms with E-state index in [4.69, 9.17) is 9.15 Å². The monoisotopic (exact) mass is 429 g/mol. The lowest BCUT2D eigenvalue weighted by molar-refractivity contribution is -0.144. The van der Waals surface area contributed by atoms with Gasteiger partial charge in [0.15, 0.2) is 6.61 Å². The topological polar surface area (TPSA) is 85.5 Å². The van der Waals surface area contributed by atoms with Gasteiger partial charge in [0.2, 0.25) is 5.91 Å². The van der Waals surface area contributed by atoms with Crippen LogP contribution in [0.3, 0.4) is 0 Å². The van der Waals surface area contributed by atoms with Crippen LogP contribution in [0.1, 0.15) is 23.3 Å². The lowest BCUT2D eigenvalue weighted by Gasteiger charge is -2.27. The summed E-state index contributed by atoms with van der Waals surface area (Å²) in [7, 11) is 0. The smallest absolute Gasteiger partial charge is 0.326 e. The number of para-hydroxylation sites is 1. The molecule has 1 aliphatic rings. The van der Waals surface area contributed by atoms with E-state index in [2.05, 4.69) is 24.0 Å². The fourth-order valence-electron chi connectivity index (χ4n) is 3.03. The minimum Gasteiger partial charge on any atom is -0.454 e. The first-order valence-electron chi connectivity index (χ1n) is 9.15. The highest BCUT2D eigenvalue weighted by Gasteiger charge is 2.27. The van der Waals surface area contributed by atoms with Crippen LogP contribution >= 0.6 is 23.1 Å². The van der Waals surface area contributed by atoms with Crippen molar-refractivity contribution in [3.63, 3.8) is 0 Å². The molecule has 0 N–H and O–H groups in total. The van der Waals surface area contributed by atoms with Crippen LogP contribution in [-0.2, 0) is 27.4 Å². The van der Waals surface area contributed by atoms with Gasteiger partial charge >= 0.3 is 5.97 Å². The molecular weight excluding hydrogens is 410 g/mol. The van der Waals surface area contributed by atoms with Gasteiger partial charge in [0, 0.05) is 9.77 Å². The maximum absolute atomic E-state index is 12.3. The van der Waals surface area contributed by atoms with E-state index in [1.54, 1.807) is 11.3 Å². The Labute approximate surface area is 176 Å². The number of hydrogen-bond acceptors (Lipinski definition) is 8. The van der Waals surface area contributed by atoms with Gasteiger partial charge in [-0.3, -0.25) is 14.5 Å². The van der Waals surface area contributed by atoms with Crippen LogP contribution in [0.15, 0.2) is 39.6 Å². The third-order valence-electron chi connectivity index (χ3n) is 4.47. The highest BCUT2D eigenvalue weighted by molar-refractivity contribution is 8.00. The standard InChI is InChI=1S/C20H19N3O4S2/c1-3-14-12(2)8-16(29-14)20-22-21-17(27-20)10-26-19(25)9-23-13-6-4-5-7-15(13)28-11-18(23)24/h4-8H,3,9-11H2,1-2H3. The Morgan fingerprint density at radius 2 is 2.14 bits per heavy atom. The number of fused-ring (bicyclic) bond motifs is 1. The Hall–Kier alpha value is -2.65. The van der Waals surface area contributed by atoms with Crippen LogP contribution in [0.25, 0.3) is 10.8 Å². The summed E-state index contributed by atoms with van der Waals surface area (Å²) < 4.78 is 10.9. The van der Waals surface area contributed by atoms with E-state index in [-0.39, 0.29) is 24.9 Å². The van der Waals surface area contributed by atoms with E-state index in [0.29, 0.717) is 11.6 Å². The third kappa shape index (κ3) is 4.20. The van der Waals surface area contributed by atoms with Gasteiger partial charge in [-0.25, -0.2) is 0 Å². The number of aryl methyl sites for hydroxylation is 2. The van der Waals surface area contributed by atoms with E-state index in [0.717, 1.165) is 21.9 Å². The van der Waals surface area contributed by atoms with Crippen molar-refractivity contribution in [3.05, 3.63) is 46.7 Å². The number of hydrogen-bond donors (Lipinski definition) is 0. The minimum absolute atomic E-state index is 0.120. The maximum Gasteiger partial charge on any atom is 0.326 e. The molecule has 1 amide bonds. The molecule has 1 aliphatic heterocycles. The molecule has 29 heavy (non-hydrogen) atoms. The number of thioether (sulfide) groups is 1. The number of carbonyl (C=O) groups excluding carboxylic acids is 2. The Bertz CT molecular complexity index is 1060. The summed E-state index contributed by atoms with van der Waals surface area (Å²) in [5.41, 5.74) is 1.92. The highest BCUT2D eigenvalue weighted by atomic mass is 32.2. The molecule has 0 saturated heterocycles. The Balaban J connectivity index is 1.38. The van der Waals surface area contributed by atoms with E-state index in [1.807, 2.05) is 30.3 Å². The molecule has 0 unspecified atom stereocenters. The number of carbonyl (C=O) groups is 2.